The fraction of sp³-hybridized carbons (Fsp3) is 1.00. The summed E-state index contributed by atoms with van der Waals surface area (Å²) in [5.74, 6) is 0.884. The van der Waals surface area contributed by atoms with E-state index in [1.807, 2.05) is 0 Å². The molecule has 2 aliphatic rings. The zero-order chi connectivity index (χ0) is 16.8. The third kappa shape index (κ3) is 7.53. The molecule has 2 aliphatic heterocycles. The van der Waals surface area contributed by atoms with Crippen LogP contribution in [-0.4, -0.2) is 51.0 Å². The number of morpholine rings is 1. The van der Waals surface area contributed by atoms with Gasteiger partial charge in [-0.2, -0.15) is 0 Å². The lowest BCUT2D eigenvalue weighted by atomic mass is 9.72. The minimum absolute atomic E-state index is 0.450. The first kappa shape index (κ1) is 19.2. The summed E-state index contributed by atoms with van der Waals surface area (Å²) >= 11 is 0. The molecule has 3 heteroatoms. The van der Waals surface area contributed by atoms with Crippen molar-refractivity contribution >= 4 is 0 Å². The number of hydrogen-bond donors (Lipinski definition) is 0. The van der Waals surface area contributed by atoms with E-state index in [-0.39, 0.29) is 0 Å². The van der Waals surface area contributed by atoms with Crippen LogP contribution in [0.4, 0.5) is 0 Å². The van der Waals surface area contributed by atoms with Gasteiger partial charge in [0.1, 0.15) is 0 Å². The zero-order valence-corrected chi connectivity index (χ0v) is 16.0. The van der Waals surface area contributed by atoms with Crippen molar-refractivity contribution in [2.45, 2.75) is 66.2 Å². The molecule has 0 atom stereocenters. The second-order valence-electron chi connectivity index (χ2n) is 9.29. The molecule has 0 saturated carbocycles. The van der Waals surface area contributed by atoms with Crippen molar-refractivity contribution in [1.82, 2.24) is 4.90 Å². The van der Waals surface area contributed by atoms with Crippen LogP contribution in [0.25, 0.3) is 0 Å². The molecule has 2 fully saturated rings. The summed E-state index contributed by atoms with van der Waals surface area (Å²) in [5.41, 5.74) is 0.920. The summed E-state index contributed by atoms with van der Waals surface area (Å²) < 4.78 is 10.9. The van der Waals surface area contributed by atoms with Crippen molar-refractivity contribution in [1.29, 1.82) is 0 Å². The first-order valence-electron chi connectivity index (χ1n) is 9.74. The summed E-state index contributed by atoms with van der Waals surface area (Å²) in [6.07, 6.45) is 7.90. The van der Waals surface area contributed by atoms with Crippen molar-refractivity contribution in [3.05, 3.63) is 0 Å². The Balaban J connectivity index is 1.68. The predicted octanol–water partition coefficient (Wildman–Crippen LogP) is 4.36. The third-order valence-corrected chi connectivity index (χ3v) is 5.87. The van der Waals surface area contributed by atoms with Crippen LogP contribution >= 0.6 is 0 Å². The molecule has 0 unspecified atom stereocenters. The molecule has 2 rings (SSSR count). The van der Waals surface area contributed by atoms with Gasteiger partial charge in [0.25, 0.3) is 0 Å². The van der Waals surface area contributed by atoms with Gasteiger partial charge in [-0.15, -0.1) is 0 Å². The highest BCUT2D eigenvalue weighted by molar-refractivity contribution is 4.80. The highest BCUT2D eigenvalue weighted by Crippen LogP contribution is 2.39. The van der Waals surface area contributed by atoms with Gasteiger partial charge in [0.15, 0.2) is 0 Å². The lowest BCUT2D eigenvalue weighted by Crippen LogP contribution is -2.38. The van der Waals surface area contributed by atoms with Gasteiger partial charge < -0.3 is 9.47 Å². The van der Waals surface area contributed by atoms with E-state index in [1.54, 1.807) is 0 Å². The Kier molecular flexibility index (Phi) is 7.37. The van der Waals surface area contributed by atoms with Crippen LogP contribution in [0.15, 0.2) is 0 Å². The third-order valence-electron chi connectivity index (χ3n) is 5.87. The van der Waals surface area contributed by atoms with Crippen LogP contribution in [0.3, 0.4) is 0 Å². The number of rotatable bonds is 8. The average molecular weight is 326 g/mol. The van der Waals surface area contributed by atoms with Gasteiger partial charge in [-0.05, 0) is 61.8 Å². The molecule has 0 bridgehead atoms. The van der Waals surface area contributed by atoms with Crippen molar-refractivity contribution in [2.24, 2.45) is 16.7 Å². The van der Waals surface area contributed by atoms with Gasteiger partial charge in [0.05, 0.1) is 13.2 Å². The average Bonchev–Trinajstić information content (AvgIpc) is 2.53. The second kappa shape index (κ2) is 8.82. The summed E-state index contributed by atoms with van der Waals surface area (Å²) in [4.78, 5) is 2.57. The molecule has 0 spiro atoms. The molecule has 2 heterocycles. The number of nitrogens with zero attached hydrogens (tertiary/aromatic N) is 1. The van der Waals surface area contributed by atoms with Gasteiger partial charge in [0.2, 0.25) is 0 Å². The maximum Gasteiger partial charge on any atom is 0.0594 e. The molecule has 2 saturated heterocycles. The summed E-state index contributed by atoms with van der Waals surface area (Å²) in [7, 11) is 0. The Morgan fingerprint density at radius 1 is 0.783 bits per heavy atom. The summed E-state index contributed by atoms with van der Waals surface area (Å²) in [6.45, 7) is 17.1. The molecule has 0 N–H and O–H groups in total. The smallest absolute Gasteiger partial charge is 0.0594 e. The minimum Gasteiger partial charge on any atom is -0.381 e. The molecule has 3 nitrogen and oxygen atoms in total. The summed E-state index contributed by atoms with van der Waals surface area (Å²) in [6, 6.07) is 0. The Morgan fingerprint density at radius 2 is 1.35 bits per heavy atom. The first-order chi connectivity index (χ1) is 10.9. The van der Waals surface area contributed by atoms with E-state index in [4.69, 9.17) is 9.47 Å². The van der Waals surface area contributed by atoms with Crippen LogP contribution < -0.4 is 0 Å². The normalized spacial score (nSPS) is 22.4. The molecule has 23 heavy (non-hydrogen) atoms. The Labute approximate surface area is 144 Å². The van der Waals surface area contributed by atoms with E-state index in [9.17, 15) is 0 Å². The lowest BCUT2D eigenvalue weighted by Gasteiger charge is -2.36. The van der Waals surface area contributed by atoms with E-state index in [0.717, 1.165) is 45.4 Å². The van der Waals surface area contributed by atoms with Crippen LogP contribution in [0.2, 0.25) is 0 Å². The minimum atomic E-state index is 0.450. The highest BCUT2D eigenvalue weighted by Gasteiger charge is 2.28. The van der Waals surface area contributed by atoms with E-state index in [0.29, 0.717) is 10.8 Å². The molecule has 0 amide bonds. The van der Waals surface area contributed by atoms with E-state index >= 15 is 0 Å². The van der Waals surface area contributed by atoms with E-state index in [2.05, 4.69) is 32.6 Å². The van der Waals surface area contributed by atoms with Crippen molar-refractivity contribution in [2.75, 3.05) is 46.1 Å². The van der Waals surface area contributed by atoms with Gasteiger partial charge in [0, 0.05) is 26.3 Å². The van der Waals surface area contributed by atoms with E-state index in [1.165, 1.54) is 45.1 Å². The van der Waals surface area contributed by atoms with Crippen molar-refractivity contribution < 1.29 is 9.47 Å². The first-order valence-corrected chi connectivity index (χ1v) is 9.74. The Morgan fingerprint density at radius 3 is 2.00 bits per heavy atom. The van der Waals surface area contributed by atoms with Gasteiger partial charge >= 0.3 is 0 Å². The molecule has 0 aliphatic carbocycles. The Bertz CT molecular complexity index is 329. The Hall–Kier alpha value is -0.120. The molecule has 0 aromatic carbocycles. The van der Waals surface area contributed by atoms with Crippen LogP contribution in [0, 0.1) is 16.7 Å². The molecular weight excluding hydrogens is 286 g/mol. The highest BCUT2D eigenvalue weighted by atomic mass is 16.5. The maximum absolute atomic E-state index is 5.50. The molecule has 0 radical (unpaired) electrons. The fourth-order valence-electron chi connectivity index (χ4n) is 3.92. The monoisotopic (exact) mass is 325 g/mol. The zero-order valence-electron chi connectivity index (χ0n) is 16.0. The second-order valence-corrected chi connectivity index (χ2v) is 9.29. The van der Waals surface area contributed by atoms with E-state index < -0.39 is 0 Å². The van der Waals surface area contributed by atoms with Gasteiger partial charge in [-0.25, -0.2) is 0 Å². The topological polar surface area (TPSA) is 21.7 Å². The predicted molar refractivity (Wildman–Crippen MR) is 96.8 cm³/mol. The fourth-order valence-corrected chi connectivity index (χ4v) is 3.92. The SMILES string of the molecule is CC(C)(CCN1CCOCC1)CCC(C)(C)CC1CCOCC1. The van der Waals surface area contributed by atoms with Gasteiger partial charge in [-0.3, -0.25) is 4.90 Å². The molecule has 0 aromatic heterocycles. The molecule has 0 aromatic rings. The molecule has 136 valence electrons. The van der Waals surface area contributed by atoms with Gasteiger partial charge in [-0.1, -0.05) is 27.7 Å². The van der Waals surface area contributed by atoms with Crippen molar-refractivity contribution in [3.63, 3.8) is 0 Å². The van der Waals surface area contributed by atoms with Crippen LogP contribution in [-0.2, 0) is 9.47 Å². The van der Waals surface area contributed by atoms with Crippen LogP contribution in [0.1, 0.15) is 66.2 Å². The largest absolute Gasteiger partial charge is 0.381 e. The summed E-state index contributed by atoms with van der Waals surface area (Å²) in [5, 5.41) is 0. The number of ether oxygens (including phenoxy) is 2. The van der Waals surface area contributed by atoms with Crippen LogP contribution in [0.5, 0.6) is 0 Å². The molecular formula is C20H39NO2. The lowest BCUT2D eigenvalue weighted by molar-refractivity contribution is 0.0306. The van der Waals surface area contributed by atoms with Crippen molar-refractivity contribution in [3.8, 4) is 0 Å². The number of hydrogen-bond acceptors (Lipinski definition) is 3. The quantitative estimate of drug-likeness (QED) is 0.662. The standard InChI is InChI=1S/C20H39NO2/c1-19(2,9-10-21-11-15-23-16-12-21)7-8-20(3,4)17-18-5-13-22-14-6-18/h18H,5-17H2,1-4H3. The maximum atomic E-state index is 5.50.